The van der Waals surface area contributed by atoms with E-state index in [-0.39, 0.29) is 0 Å². The normalized spacial score (nSPS) is 11.2. The van der Waals surface area contributed by atoms with Gasteiger partial charge in [0.1, 0.15) is 11.5 Å². The molecule has 0 saturated heterocycles. The molecule has 0 aliphatic heterocycles. The van der Waals surface area contributed by atoms with Crippen LogP contribution in [0.2, 0.25) is 10.0 Å². The highest BCUT2D eigenvalue weighted by Crippen LogP contribution is 2.22. The third-order valence-corrected chi connectivity index (χ3v) is 4.70. The van der Waals surface area contributed by atoms with E-state index in [0.717, 1.165) is 52.3 Å². The van der Waals surface area contributed by atoms with E-state index >= 15 is 0 Å². The highest BCUT2D eigenvalue weighted by Gasteiger charge is 2.07. The Morgan fingerprint density at radius 2 is 1.69 bits per heavy atom. The summed E-state index contributed by atoms with van der Waals surface area (Å²) in [7, 11) is 0. The van der Waals surface area contributed by atoms with Crippen molar-refractivity contribution in [3.05, 3.63) is 87.7 Å². The summed E-state index contributed by atoms with van der Waals surface area (Å²) in [5.41, 5.74) is 4.21. The molecule has 0 aliphatic rings. The lowest BCUT2D eigenvalue weighted by molar-refractivity contribution is 0.849. The van der Waals surface area contributed by atoms with Gasteiger partial charge in [0.15, 0.2) is 0 Å². The van der Waals surface area contributed by atoms with Crippen molar-refractivity contribution in [2.24, 2.45) is 0 Å². The van der Waals surface area contributed by atoms with Crippen LogP contribution in [0.25, 0.3) is 11.0 Å². The number of aryl methyl sites for hydroxylation is 2. The number of pyridine rings is 1. The zero-order valence-electron chi connectivity index (χ0n) is 13.9. The minimum Gasteiger partial charge on any atom is -0.346 e. The molecule has 0 unspecified atom stereocenters. The summed E-state index contributed by atoms with van der Waals surface area (Å²) in [4.78, 5) is 16.5. The Morgan fingerprint density at radius 1 is 0.846 bits per heavy atom. The minimum atomic E-state index is 0.631. The molecular weight excluding hydrogens is 367 g/mol. The van der Waals surface area contributed by atoms with E-state index in [1.165, 1.54) is 5.56 Å². The Morgan fingerprint density at radius 3 is 2.50 bits per heavy atom. The molecule has 130 valence electrons. The number of fused-ring (bicyclic) bond motifs is 1. The van der Waals surface area contributed by atoms with Crippen molar-refractivity contribution in [3.8, 4) is 0 Å². The smallest absolute Gasteiger partial charge is 0.137 e. The molecule has 0 atom stereocenters. The molecule has 0 fully saturated rings. The molecule has 26 heavy (non-hydrogen) atoms. The Hall–Kier alpha value is -2.43. The molecule has 6 heteroatoms. The molecule has 0 spiro atoms. The Kier molecular flexibility index (Phi) is 4.87. The highest BCUT2D eigenvalue weighted by atomic mass is 35.5. The molecule has 0 bridgehead atoms. The minimum absolute atomic E-state index is 0.631. The maximum absolute atomic E-state index is 6.06. The van der Waals surface area contributed by atoms with E-state index in [9.17, 15) is 0 Å². The van der Waals surface area contributed by atoms with Crippen LogP contribution in [0.15, 0.2) is 55.1 Å². The van der Waals surface area contributed by atoms with Gasteiger partial charge in [-0.05, 0) is 41.3 Å². The second kappa shape index (κ2) is 7.44. The van der Waals surface area contributed by atoms with Gasteiger partial charge in [-0.2, -0.15) is 0 Å². The van der Waals surface area contributed by atoms with Crippen LogP contribution in [0, 0.1) is 0 Å². The quantitative estimate of drug-likeness (QED) is 0.526. The van der Waals surface area contributed by atoms with Crippen LogP contribution in [0.4, 0.5) is 0 Å². The number of aromatic amines is 1. The predicted octanol–water partition coefficient (Wildman–Crippen LogP) is 5.04. The number of hydrogen-bond donors (Lipinski definition) is 1. The second-order valence-electron chi connectivity index (χ2n) is 6.18. The molecule has 1 N–H and O–H groups in total. The average molecular weight is 383 g/mol. The first-order valence-electron chi connectivity index (χ1n) is 8.33. The van der Waals surface area contributed by atoms with Crippen molar-refractivity contribution < 1.29 is 0 Å². The number of rotatable bonds is 5. The van der Waals surface area contributed by atoms with Gasteiger partial charge in [0.25, 0.3) is 0 Å². The number of aromatic nitrogens is 4. The Labute approximate surface area is 161 Å². The molecule has 0 saturated carbocycles. The van der Waals surface area contributed by atoms with Gasteiger partial charge in [0, 0.05) is 48.0 Å². The third-order valence-electron chi connectivity index (χ3n) is 4.26. The van der Waals surface area contributed by atoms with E-state index in [0.29, 0.717) is 5.02 Å². The Bertz CT molecular complexity index is 1040. The lowest BCUT2D eigenvalue weighted by Crippen LogP contribution is -1.99. The van der Waals surface area contributed by atoms with Gasteiger partial charge in [-0.15, -0.1) is 0 Å². The van der Waals surface area contributed by atoms with E-state index < -0.39 is 0 Å². The third kappa shape index (κ3) is 3.87. The standard InChI is InChI=1S/C20H16Cl2N4/c21-16-3-1-2-13(7-16)4-5-19-23-9-14(10-24-19)6-15-11-25-20-18(15)8-17(22)12-26-20/h1-3,7-12H,4-6H2,(H,25,26). The molecule has 3 aromatic heterocycles. The van der Waals surface area contributed by atoms with E-state index in [4.69, 9.17) is 23.2 Å². The fourth-order valence-electron chi connectivity index (χ4n) is 2.95. The second-order valence-corrected chi connectivity index (χ2v) is 7.05. The van der Waals surface area contributed by atoms with Crippen LogP contribution >= 0.6 is 23.2 Å². The van der Waals surface area contributed by atoms with Crippen LogP contribution in [0.3, 0.4) is 0 Å². The van der Waals surface area contributed by atoms with Gasteiger partial charge in [-0.3, -0.25) is 0 Å². The fourth-order valence-corrected chi connectivity index (χ4v) is 3.32. The van der Waals surface area contributed by atoms with Gasteiger partial charge >= 0.3 is 0 Å². The monoisotopic (exact) mass is 382 g/mol. The molecular formula is C20H16Cl2N4. The SMILES string of the molecule is Clc1cccc(CCc2ncc(Cc3c[nH]c4ncc(Cl)cc34)cn2)c1. The van der Waals surface area contributed by atoms with Gasteiger partial charge in [-0.25, -0.2) is 15.0 Å². The molecule has 0 radical (unpaired) electrons. The largest absolute Gasteiger partial charge is 0.346 e. The highest BCUT2D eigenvalue weighted by molar-refractivity contribution is 6.31. The van der Waals surface area contributed by atoms with Crippen LogP contribution < -0.4 is 0 Å². The summed E-state index contributed by atoms with van der Waals surface area (Å²) in [5, 5.41) is 2.42. The predicted molar refractivity (Wildman–Crippen MR) is 105 cm³/mol. The summed E-state index contributed by atoms with van der Waals surface area (Å²) >= 11 is 12.1. The fraction of sp³-hybridized carbons (Fsp3) is 0.150. The number of benzene rings is 1. The molecule has 4 rings (SSSR count). The first-order valence-corrected chi connectivity index (χ1v) is 9.09. The Balaban J connectivity index is 1.44. The first kappa shape index (κ1) is 17.0. The molecule has 0 amide bonds. The van der Waals surface area contributed by atoms with Gasteiger partial charge in [0.05, 0.1) is 5.02 Å². The number of halogens is 2. The number of nitrogens with one attached hydrogen (secondary N) is 1. The summed E-state index contributed by atoms with van der Waals surface area (Å²) in [5.74, 6) is 0.831. The molecule has 4 nitrogen and oxygen atoms in total. The summed E-state index contributed by atoms with van der Waals surface area (Å²) in [6.07, 6.45) is 9.76. The van der Waals surface area contributed by atoms with Crippen molar-refractivity contribution >= 4 is 34.2 Å². The molecule has 4 aromatic rings. The van der Waals surface area contributed by atoms with Gasteiger partial charge in [-0.1, -0.05) is 35.3 Å². The lowest BCUT2D eigenvalue weighted by atomic mass is 10.1. The van der Waals surface area contributed by atoms with Crippen LogP contribution in [0.1, 0.15) is 22.5 Å². The van der Waals surface area contributed by atoms with Gasteiger partial charge in [0.2, 0.25) is 0 Å². The summed E-state index contributed by atoms with van der Waals surface area (Å²) < 4.78 is 0. The zero-order chi connectivity index (χ0) is 17.9. The van der Waals surface area contributed by atoms with E-state index in [2.05, 4.69) is 26.0 Å². The molecule has 0 aliphatic carbocycles. The zero-order valence-corrected chi connectivity index (χ0v) is 15.4. The van der Waals surface area contributed by atoms with Crippen molar-refractivity contribution in [2.45, 2.75) is 19.3 Å². The maximum atomic E-state index is 6.06. The molecule has 1 aromatic carbocycles. The van der Waals surface area contributed by atoms with E-state index in [1.54, 1.807) is 6.20 Å². The van der Waals surface area contributed by atoms with Crippen molar-refractivity contribution in [1.29, 1.82) is 0 Å². The number of H-pyrrole nitrogens is 1. The summed E-state index contributed by atoms with van der Waals surface area (Å²) in [6.45, 7) is 0. The van der Waals surface area contributed by atoms with Gasteiger partial charge < -0.3 is 4.98 Å². The topological polar surface area (TPSA) is 54.5 Å². The van der Waals surface area contributed by atoms with Crippen LogP contribution in [0.5, 0.6) is 0 Å². The lowest BCUT2D eigenvalue weighted by Gasteiger charge is -2.04. The van der Waals surface area contributed by atoms with Crippen molar-refractivity contribution in [1.82, 2.24) is 19.9 Å². The summed E-state index contributed by atoms with van der Waals surface area (Å²) in [6, 6.07) is 9.81. The molecule has 3 heterocycles. The average Bonchev–Trinajstić information content (AvgIpc) is 3.03. The van der Waals surface area contributed by atoms with Crippen LogP contribution in [-0.4, -0.2) is 19.9 Å². The first-order chi connectivity index (χ1) is 12.7. The van der Waals surface area contributed by atoms with Crippen LogP contribution in [-0.2, 0) is 19.3 Å². The van der Waals surface area contributed by atoms with E-state index in [1.807, 2.05) is 42.9 Å². The maximum Gasteiger partial charge on any atom is 0.137 e. The number of hydrogen-bond acceptors (Lipinski definition) is 3. The number of nitrogens with zero attached hydrogens (tertiary/aromatic N) is 3. The van der Waals surface area contributed by atoms with Crippen molar-refractivity contribution in [3.63, 3.8) is 0 Å². The van der Waals surface area contributed by atoms with Crippen molar-refractivity contribution in [2.75, 3.05) is 0 Å².